The van der Waals surface area contributed by atoms with Crippen molar-refractivity contribution in [3.8, 4) is 33.4 Å². The molecule has 5 heterocycles. The van der Waals surface area contributed by atoms with Crippen molar-refractivity contribution in [2.45, 2.75) is 0 Å². The van der Waals surface area contributed by atoms with Gasteiger partial charge in [0.2, 0.25) is 0 Å². The van der Waals surface area contributed by atoms with Gasteiger partial charge >= 0.3 is 0 Å². The number of hydrogen-bond acceptors (Lipinski definition) is 5. The lowest BCUT2D eigenvalue weighted by molar-refractivity contribution is 1.44. The predicted molar refractivity (Wildman–Crippen MR) is 197 cm³/mol. The maximum Gasteiger partial charge on any atom is 0.0888 e. The number of aromatic nitrogens is 2. The Kier molecular flexibility index (Phi) is 5.52. The highest BCUT2D eigenvalue weighted by atomic mass is 32.1. The summed E-state index contributed by atoms with van der Waals surface area (Å²) < 4.78 is 7.65. The molecule has 0 radical (unpaired) electrons. The summed E-state index contributed by atoms with van der Waals surface area (Å²) in [4.78, 5) is 9.36. The molecule has 5 heteroatoms. The first-order valence-corrected chi connectivity index (χ1v) is 17.3. The molecule has 2 nitrogen and oxygen atoms in total. The normalized spacial score (nSPS) is 12.0. The van der Waals surface area contributed by atoms with Gasteiger partial charge in [0, 0.05) is 52.7 Å². The SMILES string of the molecule is c1cc(-c2ccc3sc4ccc(-c5ccc6sc7cccnc7c6c5)cc4c3c2)cc(-c2ccc3sc4cccnc4c3c2)c1. The predicted octanol–water partition coefficient (Wildman–Crippen LogP) is 12.6. The van der Waals surface area contributed by atoms with E-state index in [4.69, 9.17) is 0 Å². The Bertz CT molecular complexity index is 2780. The van der Waals surface area contributed by atoms with Gasteiger partial charge in [-0.1, -0.05) is 42.5 Å². The van der Waals surface area contributed by atoms with Crippen LogP contribution in [0.1, 0.15) is 0 Å². The molecule has 0 spiro atoms. The molecule has 0 saturated carbocycles. The van der Waals surface area contributed by atoms with Crippen LogP contribution in [0.15, 0.2) is 134 Å². The lowest BCUT2D eigenvalue weighted by atomic mass is 9.97. The van der Waals surface area contributed by atoms with E-state index in [0.717, 1.165) is 11.0 Å². The smallest absolute Gasteiger partial charge is 0.0888 e. The average molecular weight is 627 g/mol. The van der Waals surface area contributed by atoms with E-state index in [9.17, 15) is 0 Å². The van der Waals surface area contributed by atoms with Gasteiger partial charge < -0.3 is 0 Å². The minimum Gasteiger partial charge on any atom is -0.255 e. The lowest BCUT2D eigenvalue weighted by Crippen LogP contribution is -1.82. The van der Waals surface area contributed by atoms with Gasteiger partial charge in [-0.3, -0.25) is 9.97 Å². The third-order valence-electron chi connectivity index (χ3n) is 8.78. The number of thiophene rings is 3. The molecule has 210 valence electrons. The fourth-order valence-electron chi connectivity index (χ4n) is 6.57. The summed E-state index contributed by atoms with van der Waals surface area (Å²) in [5.41, 5.74) is 9.52. The summed E-state index contributed by atoms with van der Waals surface area (Å²) in [6, 6.07) is 44.7. The van der Waals surface area contributed by atoms with Crippen molar-refractivity contribution in [3.05, 3.63) is 134 Å². The molecule has 0 fully saturated rings. The highest BCUT2D eigenvalue weighted by Crippen LogP contribution is 2.41. The van der Waals surface area contributed by atoms with E-state index in [1.54, 1.807) is 11.3 Å². The molecule has 0 bridgehead atoms. The summed E-state index contributed by atoms with van der Waals surface area (Å²) in [5, 5.41) is 5.07. The molecule has 10 aromatic rings. The molecule has 5 aromatic heterocycles. The van der Waals surface area contributed by atoms with Crippen molar-refractivity contribution in [2.75, 3.05) is 0 Å². The average Bonchev–Trinajstić information content (AvgIpc) is 3.78. The van der Waals surface area contributed by atoms with Crippen molar-refractivity contribution >= 4 is 94.8 Å². The third kappa shape index (κ3) is 4.05. The number of nitrogens with zero attached hydrogens (tertiary/aromatic N) is 2. The molecule has 45 heavy (non-hydrogen) atoms. The van der Waals surface area contributed by atoms with Crippen molar-refractivity contribution in [3.63, 3.8) is 0 Å². The highest BCUT2D eigenvalue weighted by Gasteiger charge is 2.13. The van der Waals surface area contributed by atoms with Gasteiger partial charge in [0.05, 0.1) is 20.4 Å². The van der Waals surface area contributed by atoms with Crippen LogP contribution in [0.4, 0.5) is 0 Å². The second-order valence-corrected chi connectivity index (χ2v) is 14.7. The van der Waals surface area contributed by atoms with Crippen LogP contribution in [0.2, 0.25) is 0 Å². The van der Waals surface area contributed by atoms with Crippen LogP contribution < -0.4 is 0 Å². The maximum absolute atomic E-state index is 4.68. The van der Waals surface area contributed by atoms with Gasteiger partial charge in [0.25, 0.3) is 0 Å². The molecule has 0 saturated heterocycles. The van der Waals surface area contributed by atoms with E-state index >= 15 is 0 Å². The molecule has 0 amide bonds. The van der Waals surface area contributed by atoms with E-state index in [0.29, 0.717) is 0 Å². The topological polar surface area (TPSA) is 25.8 Å². The molecule has 0 aliphatic heterocycles. The zero-order valence-electron chi connectivity index (χ0n) is 23.8. The molecule has 0 aliphatic rings. The van der Waals surface area contributed by atoms with Gasteiger partial charge in [-0.05, 0) is 112 Å². The largest absolute Gasteiger partial charge is 0.255 e. The molecule has 0 N–H and O–H groups in total. The van der Waals surface area contributed by atoms with Crippen LogP contribution in [0, 0.1) is 0 Å². The van der Waals surface area contributed by atoms with Crippen LogP contribution in [0.5, 0.6) is 0 Å². The number of hydrogen-bond donors (Lipinski definition) is 0. The van der Waals surface area contributed by atoms with Crippen molar-refractivity contribution < 1.29 is 0 Å². The number of rotatable bonds is 3. The number of fused-ring (bicyclic) bond motifs is 9. The van der Waals surface area contributed by atoms with E-state index in [-0.39, 0.29) is 0 Å². The van der Waals surface area contributed by atoms with Crippen LogP contribution in [-0.4, -0.2) is 9.97 Å². The number of benzene rings is 5. The van der Waals surface area contributed by atoms with E-state index < -0.39 is 0 Å². The zero-order valence-corrected chi connectivity index (χ0v) is 26.3. The van der Waals surface area contributed by atoms with Crippen molar-refractivity contribution in [2.24, 2.45) is 0 Å². The molecule has 0 atom stereocenters. The summed E-state index contributed by atoms with van der Waals surface area (Å²) in [6.45, 7) is 0. The lowest BCUT2D eigenvalue weighted by Gasteiger charge is -2.08. The Morgan fingerprint density at radius 1 is 0.311 bits per heavy atom. The van der Waals surface area contributed by atoms with E-state index in [1.807, 2.05) is 47.2 Å². The molecule has 0 aliphatic carbocycles. The maximum atomic E-state index is 4.68. The zero-order chi connectivity index (χ0) is 29.5. The Morgan fingerprint density at radius 3 is 1.16 bits per heavy atom. The van der Waals surface area contributed by atoms with Crippen LogP contribution in [-0.2, 0) is 0 Å². The first-order valence-electron chi connectivity index (χ1n) is 14.9. The summed E-state index contributed by atoms with van der Waals surface area (Å²) in [5.74, 6) is 0. The van der Waals surface area contributed by atoms with Gasteiger partial charge in [0.1, 0.15) is 0 Å². The minimum absolute atomic E-state index is 1.09. The molecular weight excluding hydrogens is 605 g/mol. The summed E-state index contributed by atoms with van der Waals surface area (Å²) in [6.07, 6.45) is 3.77. The molecule has 5 aromatic carbocycles. The Balaban J connectivity index is 1.07. The second kappa shape index (κ2) is 9.78. The molecular formula is C40H22N2S3. The first kappa shape index (κ1) is 25.4. The third-order valence-corrected chi connectivity index (χ3v) is 12.2. The second-order valence-electron chi connectivity index (χ2n) is 11.4. The highest BCUT2D eigenvalue weighted by molar-refractivity contribution is 7.26. The van der Waals surface area contributed by atoms with Crippen LogP contribution >= 0.6 is 34.0 Å². The van der Waals surface area contributed by atoms with Gasteiger partial charge in [-0.15, -0.1) is 34.0 Å². The summed E-state index contributed by atoms with van der Waals surface area (Å²) in [7, 11) is 0. The van der Waals surface area contributed by atoms with Gasteiger partial charge in [-0.25, -0.2) is 0 Å². The monoisotopic (exact) mass is 626 g/mol. The fourth-order valence-corrected chi connectivity index (χ4v) is 9.73. The fraction of sp³-hybridized carbons (Fsp3) is 0. The minimum atomic E-state index is 1.09. The Morgan fingerprint density at radius 2 is 0.689 bits per heavy atom. The summed E-state index contributed by atoms with van der Waals surface area (Å²) >= 11 is 5.48. The van der Waals surface area contributed by atoms with Crippen molar-refractivity contribution in [1.29, 1.82) is 0 Å². The van der Waals surface area contributed by atoms with E-state index in [2.05, 4.69) is 119 Å². The van der Waals surface area contributed by atoms with Gasteiger partial charge in [-0.2, -0.15) is 0 Å². The van der Waals surface area contributed by atoms with Gasteiger partial charge in [0.15, 0.2) is 0 Å². The molecule has 0 unspecified atom stereocenters. The Labute approximate surface area is 270 Å². The molecule has 10 rings (SSSR count). The van der Waals surface area contributed by atoms with Crippen LogP contribution in [0.3, 0.4) is 0 Å². The van der Waals surface area contributed by atoms with Crippen molar-refractivity contribution in [1.82, 2.24) is 9.97 Å². The van der Waals surface area contributed by atoms with E-state index in [1.165, 1.54) is 83.1 Å². The Hall–Kier alpha value is -4.94. The number of pyridine rings is 2. The first-order chi connectivity index (χ1) is 22.2. The van der Waals surface area contributed by atoms with Crippen LogP contribution in [0.25, 0.3) is 94.2 Å². The standard InChI is InChI=1S/C40H22N2S3/c1-4-23(18-24(5-1)27-10-14-35-31(21-27)39-37(44-35)6-2-16-41-39)25-8-12-33-29(19-25)30-20-26(9-13-34(30)43-33)28-11-15-36-32(22-28)40-38(45-36)7-3-17-42-40/h1-22H. The quantitative estimate of drug-likeness (QED) is 0.195.